The largest absolute Gasteiger partial charge is 0.307 e. The van der Waals surface area contributed by atoms with Crippen LogP contribution in [0.25, 0.3) is 0 Å². The van der Waals surface area contributed by atoms with Crippen molar-refractivity contribution in [2.75, 3.05) is 0 Å². The number of rotatable bonds is 3. The molecule has 0 amide bonds. The molecule has 2 heteroatoms. The molecule has 1 N–H and O–H groups in total. The minimum atomic E-state index is -0.144. The lowest BCUT2D eigenvalue weighted by molar-refractivity contribution is 0.213. The maximum atomic E-state index is 13.3. The highest BCUT2D eigenvalue weighted by molar-refractivity contribution is 5.19. The molecule has 3 unspecified atom stereocenters. The summed E-state index contributed by atoms with van der Waals surface area (Å²) < 4.78 is 13.3. The van der Waals surface area contributed by atoms with Gasteiger partial charge in [-0.15, -0.1) is 0 Å². The molecule has 21 heavy (non-hydrogen) atoms. The summed E-state index contributed by atoms with van der Waals surface area (Å²) in [6, 6.07) is 7.75. The SMILES string of the molecule is CC(NC1CCCC(C(C)(C)C)CC1)c1cccc(F)c1. The van der Waals surface area contributed by atoms with Crippen LogP contribution in [0.4, 0.5) is 4.39 Å². The van der Waals surface area contributed by atoms with Gasteiger partial charge in [-0.2, -0.15) is 0 Å². The normalized spacial score (nSPS) is 25.4. The maximum absolute atomic E-state index is 13.3. The molecular weight excluding hydrogens is 261 g/mol. The lowest BCUT2D eigenvalue weighted by atomic mass is 9.76. The Morgan fingerprint density at radius 3 is 2.57 bits per heavy atom. The van der Waals surface area contributed by atoms with Crippen LogP contribution in [-0.4, -0.2) is 6.04 Å². The van der Waals surface area contributed by atoms with E-state index in [9.17, 15) is 4.39 Å². The first-order valence-electron chi connectivity index (χ1n) is 8.38. The minimum absolute atomic E-state index is 0.144. The summed E-state index contributed by atoms with van der Waals surface area (Å²) in [5, 5.41) is 3.71. The molecule has 1 nitrogen and oxygen atoms in total. The van der Waals surface area contributed by atoms with Gasteiger partial charge < -0.3 is 5.32 Å². The number of halogens is 1. The van der Waals surface area contributed by atoms with Crippen LogP contribution in [0.15, 0.2) is 24.3 Å². The van der Waals surface area contributed by atoms with E-state index < -0.39 is 0 Å². The smallest absolute Gasteiger partial charge is 0.123 e. The summed E-state index contributed by atoms with van der Waals surface area (Å²) in [4.78, 5) is 0. The van der Waals surface area contributed by atoms with Crippen molar-refractivity contribution in [2.45, 2.75) is 71.9 Å². The van der Waals surface area contributed by atoms with Gasteiger partial charge in [0, 0.05) is 12.1 Å². The maximum Gasteiger partial charge on any atom is 0.123 e. The molecule has 1 aromatic rings. The Hall–Kier alpha value is -0.890. The molecule has 1 saturated carbocycles. The molecule has 0 heterocycles. The monoisotopic (exact) mass is 291 g/mol. The molecule has 0 spiro atoms. The van der Waals surface area contributed by atoms with Crippen LogP contribution < -0.4 is 5.32 Å². The Morgan fingerprint density at radius 1 is 1.14 bits per heavy atom. The zero-order valence-electron chi connectivity index (χ0n) is 14.0. The summed E-state index contributed by atoms with van der Waals surface area (Å²) in [5.41, 5.74) is 1.47. The van der Waals surface area contributed by atoms with E-state index in [1.165, 1.54) is 38.2 Å². The van der Waals surface area contributed by atoms with Gasteiger partial charge in [0.2, 0.25) is 0 Å². The predicted octanol–water partition coefficient (Wildman–Crippen LogP) is 5.47. The van der Waals surface area contributed by atoms with Crippen molar-refractivity contribution in [3.8, 4) is 0 Å². The number of nitrogens with one attached hydrogen (secondary N) is 1. The van der Waals surface area contributed by atoms with E-state index in [2.05, 4.69) is 33.0 Å². The van der Waals surface area contributed by atoms with E-state index in [-0.39, 0.29) is 11.9 Å². The average molecular weight is 291 g/mol. The quantitative estimate of drug-likeness (QED) is 0.728. The van der Waals surface area contributed by atoms with E-state index in [0.717, 1.165) is 11.5 Å². The first-order valence-corrected chi connectivity index (χ1v) is 8.38. The topological polar surface area (TPSA) is 12.0 Å². The van der Waals surface area contributed by atoms with E-state index in [0.29, 0.717) is 11.5 Å². The van der Waals surface area contributed by atoms with Crippen molar-refractivity contribution in [1.29, 1.82) is 0 Å². The first-order chi connectivity index (χ1) is 9.86. The van der Waals surface area contributed by atoms with Crippen molar-refractivity contribution in [1.82, 2.24) is 5.32 Å². The summed E-state index contributed by atoms with van der Waals surface area (Å²) in [5.74, 6) is 0.684. The van der Waals surface area contributed by atoms with Gasteiger partial charge in [0.05, 0.1) is 0 Å². The predicted molar refractivity (Wildman–Crippen MR) is 87.8 cm³/mol. The first kappa shape index (κ1) is 16.5. The van der Waals surface area contributed by atoms with Crippen LogP contribution in [0.1, 0.15) is 71.4 Å². The molecule has 1 aliphatic rings. The Bertz CT molecular complexity index is 449. The number of hydrogen-bond acceptors (Lipinski definition) is 1. The van der Waals surface area contributed by atoms with Crippen LogP contribution in [0, 0.1) is 17.2 Å². The standard InChI is InChI=1S/C19H30FN/c1-14(15-7-5-9-17(20)13-15)21-18-10-6-8-16(11-12-18)19(2,3)4/h5,7,9,13-14,16,18,21H,6,8,10-12H2,1-4H3. The zero-order valence-corrected chi connectivity index (χ0v) is 14.0. The van der Waals surface area contributed by atoms with Gasteiger partial charge in [0.1, 0.15) is 5.82 Å². The fourth-order valence-electron chi connectivity index (χ4n) is 3.56. The third-order valence-electron chi connectivity index (χ3n) is 5.03. The second-order valence-corrected chi connectivity index (χ2v) is 7.71. The van der Waals surface area contributed by atoms with E-state index in [1.807, 2.05) is 6.07 Å². The van der Waals surface area contributed by atoms with Gasteiger partial charge in [-0.1, -0.05) is 39.3 Å². The summed E-state index contributed by atoms with van der Waals surface area (Å²) >= 11 is 0. The molecule has 1 aromatic carbocycles. The van der Waals surface area contributed by atoms with Gasteiger partial charge in [0.25, 0.3) is 0 Å². The van der Waals surface area contributed by atoms with Crippen LogP contribution in [0.2, 0.25) is 0 Å². The third-order valence-corrected chi connectivity index (χ3v) is 5.03. The molecule has 0 aliphatic heterocycles. The van der Waals surface area contributed by atoms with Crippen molar-refractivity contribution in [2.24, 2.45) is 11.3 Å². The summed E-state index contributed by atoms with van der Waals surface area (Å²) in [6.07, 6.45) is 6.43. The highest BCUT2D eigenvalue weighted by atomic mass is 19.1. The number of benzene rings is 1. The molecule has 1 aliphatic carbocycles. The lowest BCUT2D eigenvalue weighted by Gasteiger charge is -2.30. The van der Waals surface area contributed by atoms with Crippen molar-refractivity contribution < 1.29 is 4.39 Å². The van der Waals surface area contributed by atoms with E-state index in [4.69, 9.17) is 0 Å². The highest BCUT2D eigenvalue weighted by Crippen LogP contribution is 2.37. The fraction of sp³-hybridized carbons (Fsp3) is 0.684. The van der Waals surface area contributed by atoms with Gasteiger partial charge >= 0.3 is 0 Å². The fourth-order valence-corrected chi connectivity index (χ4v) is 3.56. The zero-order chi connectivity index (χ0) is 15.5. The molecule has 0 bridgehead atoms. The molecular formula is C19H30FN. The summed E-state index contributed by atoms with van der Waals surface area (Å²) in [6.45, 7) is 9.23. The molecule has 1 fully saturated rings. The Morgan fingerprint density at radius 2 is 1.90 bits per heavy atom. The van der Waals surface area contributed by atoms with E-state index >= 15 is 0 Å². The molecule has 0 radical (unpaired) electrons. The highest BCUT2D eigenvalue weighted by Gasteiger charge is 2.28. The molecule has 2 rings (SSSR count). The van der Waals surface area contributed by atoms with Crippen molar-refractivity contribution in [3.63, 3.8) is 0 Å². The van der Waals surface area contributed by atoms with Gasteiger partial charge in [-0.05, 0) is 61.6 Å². The molecule has 118 valence electrons. The van der Waals surface area contributed by atoms with Crippen molar-refractivity contribution in [3.05, 3.63) is 35.6 Å². The minimum Gasteiger partial charge on any atom is -0.307 e. The lowest BCUT2D eigenvalue weighted by Crippen LogP contribution is -2.31. The Kier molecular flexibility index (Phi) is 5.43. The van der Waals surface area contributed by atoms with Crippen LogP contribution in [0.3, 0.4) is 0 Å². The second-order valence-electron chi connectivity index (χ2n) is 7.71. The Balaban J connectivity index is 1.91. The second kappa shape index (κ2) is 6.91. The van der Waals surface area contributed by atoms with Crippen LogP contribution >= 0.6 is 0 Å². The third kappa shape index (κ3) is 4.81. The molecule has 0 aromatic heterocycles. The van der Waals surface area contributed by atoms with Gasteiger partial charge in [-0.25, -0.2) is 4.39 Å². The van der Waals surface area contributed by atoms with Crippen molar-refractivity contribution >= 4 is 0 Å². The average Bonchev–Trinajstić information content (AvgIpc) is 2.64. The molecule has 3 atom stereocenters. The van der Waals surface area contributed by atoms with E-state index in [1.54, 1.807) is 12.1 Å². The van der Waals surface area contributed by atoms with Gasteiger partial charge in [-0.3, -0.25) is 0 Å². The summed E-state index contributed by atoms with van der Waals surface area (Å²) in [7, 11) is 0. The Labute approximate surface area is 129 Å². The molecule has 0 saturated heterocycles. The number of hydrogen-bond donors (Lipinski definition) is 1. The van der Waals surface area contributed by atoms with Gasteiger partial charge in [0.15, 0.2) is 0 Å². The van der Waals surface area contributed by atoms with Crippen LogP contribution in [0.5, 0.6) is 0 Å². The van der Waals surface area contributed by atoms with Crippen LogP contribution in [-0.2, 0) is 0 Å².